The Labute approximate surface area is 129 Å². The minimum Gasteiger partial charge on any atom is -0.375 e. The summed E-state index contributed by atoms with van der Waals surface area (Å²) in [6.07, 6.45) is 2.71. The number of nitrogens with zero attached hydrogens (tertiary/aromatic N) is 2. The molecule has 1 fully saturated rings. The van der Waals surface area contributed by atoms with Crippen LogP contribution in [0, 0.1) is 0 Å². The number of ether oxygens (including phenoxy) is 2. The molecule has 1 N–H and O–H groups in total. The molecule has 1 aliphatic heterocycles. The molecule has 1 saturated heterocycles. The molecule has 1 amide bonds. The second kappa shape index (κ2) is 7.02. The summed E-state index contributed by atoms with van der Waals surface area (Å²) in [5.74, 6) is -0.0300. The molecule has 0 aromatic carbocycles. The lowest BCUT2D eigenvalue weighted by atomic mass is 10.1. The number of hydrogen-bond acceptors (Lipinski definition) is 5. The highest BCUT2D eigenvalue weighted by Gasteiger charge is 2.34. The van der Waals surface area contributed by atoms with Crippen LogP contribution in [0.5, 0.6) is 0 Å². The lowest BCUT2D eigenvalue weighted by molar-refractivity contribution is -0.158. The Balaban J connectivity index is 1.91. The summed E-state index contributed by atoms with van der Waals surface area (Å²) in [4.78, 5) is 32.0. The first kappa shape index (κ1) is 16.6. The average Bonchev–Trinajstić information content (AvgIpc) is 2.52. The zero-order valence-electron chi connectivity index (χ0n) is 13.3. The largest absolute Gasteiger partial charge is 0.375 e. The fourth-order valence-electron chi connectivity index (χ4n) is 2.40. The Hall–Kier alpha value is -1.73. The summed E-state index contributed by atoms with van der Waals surface area (Å²) in [7, 11) is 1.54. The van der Waals surface area contributed by atoms with Gasteiger partial charge in [-0.3, -0.25) is 9.59 Å². The van der Waals surface area contributed by atoms with E-state index in [1.165, 1.54) is 19.5 Å². The number of carbonyl (C=O) groups is 1. The molecule has 7 nitrogen and oxygen atoms in total. The van der Waals surface area contributed by atoms with Gasteiger partial charge in [0.15, 0.2) is 0 Å². The minimum absolute atomic E-state index is 0.0300. The molecular formula is C15H23N3O4. The van der Waals surface area contributed by atoms with Gasteiger partial charge in [-0.25, -0.2) is 4.98 Å². The number of aromatic amines is 1. The van der Waals surface area contributed by atoms with Crippen molar-refractivity contribution in [1.29, 1.82) is 0 Å². The third kappa shape index (κ3) is 4.14. The Morgan fingerprint density at radius 3 is 3.05 bits per heavy atom. The van der Waals surface area contributed by atoms with Crippen LogP contribution in [0.15, 0.2) is 17.2 Å². The zero-order chi connectivity index (χ0) is 16.2. The van der Waals surface area contributed by atoms with Gasteiger partial charge in [0.2, 0.25) is 0 Å². The molecular weight excluding hydrogens is 286 g/mol. The van der Waals surface area contributed by atoms with Crippen LogP contribution in [0.1, 0.15) is 26.0 Å². The van der Waals surface area contributed by atoms with Gasteiger partial charge in [-0.05, 0) is 26.7 Å². The van der Waals surface area contributed by atoms with E-state index in [2.05, 4.69) is 9.97 Å². The van der Waals surface area contributed by atoms with Crippen molar-refractivity contribution in [2.24, 2.45) is 0 Å². The number of aryl methyl sites for hydroxylation is 1. The Morgan fingerprint density at radius 2 is 2.36 bits per heavy atom. The molecule has 0 radical (unpaired) electrons. The van der Waals surface area contributed by atoms with E-state index in [-0.39, 0.29) is 17.6 Å². The maximum absolute atomic E-state index is 12.4. The minimum atomic E-state index is -0.823. The van der Waals surface area contributed by atoms with Crippen LogP contribution in [-0.2, 0) is 20.7 Å². The number of nitrogens with one attached hydrogen (secondary N) is 1. The summed E-state index contributed by atoms with van der Waals surface area (Å²) in [5.41, 5.74) is -0.253. The molecule has 0 unspecified atom stereocenters. The van der Waals surface area contributed by atoms with E-state index in [4.69, 9.17) is 9.47 Å². The normalized spacial score (nSPS) is 19.2. The molecule has 7 heteroatoms. The Kier molecular flexibility index (Phi) is 5.31. The molecule has 0 aliphatic carbocycles. The summed E-state index contributed by atoms with van der Waals surface area (Å²) in [6, 6.07) is 1.49. The maximum atomic E-state index is 12.4. The average molecular weight is 309 g/mol. The van der Waals surface area contributed by atoms with Gasteiger partial charge < -0.3 is 19.4 Å². The number of H-pyrrole nitrogens is 1. The Morgan fingerprint density at radius 1 is 1.59 bits per heavy atom. The van der Waals surface area contributed by atoms with E-state index in [1.54, 1.807) is 18.7 Å². The van der Waals surface area contributed by atoms with Crippen molar-refractivity contribution in [1.82, 2.24) is 14.9 Å². The summed E-state index contributed by atoms with van der Waals surface area (Å²) < 4.78 is 11.0. The molecule has 1 aliphatic rings. The van der Waals surface area contributed by atoms with Crippen molar-refractivity contribution in [3.8, 4) is 0 Å². The highest BCUT2D eigenvalue weighted by molar-refractivity contribution is 5.84. The lowest BCUT2D eigenvalue weighted by Crippen LogP contribution is -2.53. The van der Waals surface area contributed by atoms with Crippen LogP contribution < -0.4 is 5.56 Å². The van der Waals surface area contributed by atoms with E-state index in [0.29, 0.717) is 32.5 Å². The molecule has 22 heavy (non-hydrogen) atoms. The fraction of sp³-hybridized carbons (Fsp3) is 0.667. The first-order valence-corrected chi connectivity index (χ1v) is 7.42. The van der Waals surface area contributed by atoms with Gasteiger partial charge in [0, 0.05) is 32.0 Å². The molecule has 0 saturated carbocycles. The van der Waals surface area contributed by atoms with Crippen molar-refractivity contribution in [3.05, 3.63) is 28.4 Å². The van der Waals surface area contributed by atoms with E-state index in [0.717, 1.165) is 5.69 Å². The van der Waals surface area contributed by atoms with Crippen LogP contribution in [0.4, 0.5) is 0 Å². The predicted molar refractivity (Wildman–Crippen MR) is 80.6 cm³/mol. The van der Waals surface area contributed by atoms with Gasteiger partial charge in [0.25, 0.3) is 11.5 Å². The number of amides is 1. The smallest absolute Gasteiger partial charge is 0.254 e. The van der Waals surface area contributed by atoms with E-state index in [1.807, 2.05) is 0 Å². The Bertz CT molecular complexity index is 570. The van der Waals surface area contributed by atoms with Crippen LogP contribution in [0.2, 0.25) is 0 Å². The molecule has 0 bridgehead atoms. The monoisotopic (exact) mass is 309 g/mol. The summed E-state index contributed by atoms with van der Waals surface area (Å²) in [6.45, 7) is 5.15. The van der Waals surface area contributed by atoms with Crippen LogP contribution in [-0.4, -0.2) is 59.3 Å². The van der Waals surface area contributed by atoms with Gasteiger partial charge in [0.1, 0.15) is 5.60 Å². The maximum Gasteiger partial charge on any atom is 0.254 e. The second-order valence-corrected chi connectivity index (χ2v) is 5.90. The van der Waals surface area contributed by atoms with Gasteiger partial charge >= 0.3 is 0 Å². The second-order valence-electron chi connectivity index (χ2n) is 5.90. The van der Waals surface area contributed by atoms with Crippen molar-refractivity contribution in [3.63, 3.8) is 0 Å². The number of hydrogen-bond donors (Lipinski definition) is 1. The van der Waals surface area contributed by atoms with Gasteiger partial charge in [-0.15, -0.1) is 0 Å². The van der Waals surface area contributed by atoms with Crippen LogP contribution >= 0.6 is 0 Å². The fourth-order valence-corrected chi connectivity index (χ4v) is 2.40. The molecule has 0 spiro atoms. The third-order valence-electron chi connectivity index (χ3n) is 3.91. The zero-order valence-corrected chi connectivity index (χ0v) is 13.3. The standard InChI is InChI=1S/C15H23N3O4/c1-15(2,21-3)14(20)18-6-7-22-12(9-18)5-4-11-8-13(19)17-10-16-11/h8,10,12H,4-7,9H2,1-3H3,(H,16,17,19)/t12-/m0/s1. The number of methoxy groups -OCH3 is 1. The lowest BCUT2D eigenvalue weighted by Gasteiger charge is -2.37. The van der Waals surface area contributed by atoms with Crippen LogP contribution in [0.25, 0.3) is 0 Å². The van der Waals surface area contributed by atoms with Gasteiger partial charge in [-0.1, -0.05) is 0 Å². The van der Waals surface area contributed by atoms with Crippen molar-refractivity contribution in [2.45, 2.75) is 38.4 Å². The van der Waals surface area contributed by atoms with Crippen LogP contribution in [0.3, 0.4) is 0 Å². The number of aromatic nitrogens is 2. The number of rotatable bonds is 5. The summed E-state index contributed by atoms with van der Waals surface area (Å²) in [5, 5.41) is 0. The molecule has 1 aromatic rings. The molecule has 1 atom stereocenters. The highest BCUT2D eigenvalue weighted by atomic mass is 16.5. The SMILES string of the molecule is COC(C)(C)C(=O)N1CCO[C@@H](CCc2cc(=O)[nH]cn2)C1. The number of morpholine rings is 1. The molecule has 1 aromatic heterocycles. The topological polar surface area (TPSA) is 84.5 Å². The molecule has 2 rings (SSSR count). The molecule has 122 valence electrons. The van der Waals surface area contributed by atoms with E-state index in [9.17, 15) is 9.59 Å². The van der Waals surface area contributed by atoms with E-state index < -0.39 is 5.60 Å². The first-order chi connectivity index (χ1) is 10.4. The van der Waals surface area contributed by atoms with Crippen molar-refractivity contribution >= 4 is 5.91 Å². The molecule has 2 heterocycles. The number of carbonyl (C=O) groups excluding carboxylic acids is 1. The van der Waals surface area contributed by atoms with Gasteiger partial charge in [-0.2, -0.15) is 0 Å². The summed E-state index contributed by atoms with van der Waals surface area (Å²) >= 11 is 0. The quantitative estimate of drug-likeness (QED) is 0.848. The third-order valence-corrected chi connectivity index (χ3v) is 3.91. The van der Waals surface area contributed by atoms with Crippen molar-refractivity contribution < 1.29 is 14.3 Å². The van der Waals surface area contributed by atoms with Gasteiger partial charge in [0.05, 0.1) is 19.0 Å². The van der Waals surface area contributed by atoms with E-state index >= 15 is 0 Å². The van der Waals surface area contributed by atoms with Crippen molar-refractivity contribution in [2.75, 3.05) is 26.8 Å². The highest BCUT2D eigenvalue weighted by Crippen LogP contribution is 2.17. The predicted octanol–water partition coefficient (Wildman–Crippen LogP) is 0.355. The first-order valence-electron chi connectivity index (χ1n) is 7.42.